The molecule has 3 heterocycles. The van der Waals surface area contributed by atoms with Crippen molar-refractivity contribution in [3.05, 3.63) is 72.3 Å². The smallest absolute Gasteiger partial charge is 0.248 e. The summed E-state index contributed by atoms with van der Waals surface area (Å²) in [6.07, 6.45) is 1.36. The molecule has 2 aromatic carbocycles. The maximum atomic E-state index is 14.8. The first kappa shape index (κ1) is 23.5. The van der Waals surface area contributed by atoms with Gasteiger partial charge in [-0.25, -0.2) is 14.4 Å². The van der Waals surface area contributed by atoms with Crippen LogP contribution in [0.2, 0.25) is 0 Å². The van der Waals surface area contributed by atoms with Crippen LogP contribution < -0.4 is 21.3 Å². The number of hydrogen-bond acceptors (Lipinski definition) is 10. The Labute approximate surface area is 206 Å². The van der Waals surface area contributed by atoms with Gasteiger partial charge in [-0.05, 0) is 23.8 Å². The second-order valence-corrected chi connectivity index (χ2v) is 8.15. The number of nitrogens with zero attached hydrogens (tertiary/aromatic N) is 6. The lowest BCUT2D eigenvalue weighted by Crippen LogP contribution is -2.36. The Morgan fingerprint density at radius 2 is 1.89 bits per heavy atom. The van der Waals surface area contributed by atoms with Crippen molar-refractivity contribution in [1.82, 2.24) is 24.7 Å². The largest absolute Gasteiger partial charge is 0.394 e. The zero-order chi connectivity index (χ0) is 24.9. The van der Waals surface area contributed by atoms with Crippen molar-refractivity contribution < 1.29 is 14.2 Å². The summed E-state index contributed by atoms with van der Waals surface area (Å²) in [5.74, 6) is 0.583. The summed E-state index contributed by atoms with van der Waals surface area (Å²) in [4.78, 5) is 14.7. The van der Waals surface area contributed by atoms with Gasteiger partial charge in [-0.3, -0.25) is 0 Å². The van der Waals surface area contributed by atoms with Gasteiger partial charge in [0.25, 0.3) is 0 Å². The number of rotatable bonds is 8. The van der Waals surface area contributed by atoms with Crippen LogP contribution in [-0.2, 0) is 4.74 Å². The van der Waals surface area contributed by atoms with Crippen molar-refractivity contribution in [1.29, 1.82) is 0 Å². The summed E-state index contributed by atoms with van der Waals surface area (Å²) >= 11 is 0. The SMILES string of the molecule is Nc1nc(Nc2ccc(N3CCOCC3)cc2F)nn1-c1cc(N[C@H](CO)c2ccccc2)ncn1. The average Bonchev–Trinajstić information content (AvgIpc) is 3.29. The molecule has 0 saturated carbocycles. The number of anilines is 5. The van der Waals surface area contributed by atoms with Crippen molar-refractivity contribution in [2.75, 3.05) is 54.2 Å². The van der Waals surface area contributed by atoms with E-state index in [9.17, 15) is 9.50 Å². The molecule has 1 atom stereocenters. The Bertz CT molecular complexity index is 1310. The third kappa shape index (κ3) is 5.19. The molecular formula is C24H26FN9O2. The Hall–Kier alpha value is -4.29. The Morgan fingerprint density at radius 3 is 2.64 bits per heavy atom. The molecule has 0 aliphatic carbocycles. The van der Waals surface area contributed by atoms with Gasteiger partial charge in [0.05, 0.1) is 31.5 Å². The highest BCUT2D eigenvalue weighted by Gasteiger charge is 2.17. The molecule has 1 aliphatic heterocycles. The number of ether oxygens (including phenoxy) is 1. The van der Waals surface area contributed by atoms with E-state index in [1.54, 1.807) is 12.1 Å². The molecule has 5 rings (SSSR count). The number of nitrogens with one attached hydrogen (secondary N) is 2. The number of hydrogen-bond donors (Lipinski definition) is 4. The molecule has 11 nitrogen and oxygen atoms in total. The third-order valence-corrected chi connectivity index (χ3v) is 5.78. The summed E-state index contributed by atoms with van der Waals surface area (Å²) in [6.45, 7) is 2.55. The van der Waals surface area contributed by atoms with E-state index in [0.717, 1.165) is 24.3 Å². The van der Waals surface area contributed by atoms with Gasteiger partial charge in [0, 0.05) is 24.8 Å². The van der Waals surface area contributed by atoms with Crippen molar-refractivity contribution in [3.8, 4) is 5.82 Å². The van der Waals surface area contributed by atoms with Gasteiger partial charge < -0.3 is 31.1 Å². The zero-order valence-corrected chi connectivity index (χ0v) is 19.4. The number of halogens is 1. The third-order valence-electron chi connectivity index (χ3n) is 5.78. The van der Waals surface area contributed by atoms with Crippen LogP contribution >= 0.6 is 0 Å². The first-order valence-electron chi connectivity index (χ1n) is 11.5. The molecule has 0 unspecified atom stereocenters. The van der Waals surface area contributed by atoms with Gasteiger partial charge in [-0.15, -0.1) is 5.10 Å². The lowest BCUT2D eigenvalue weighted by Gasteiger charge is -2.29. The van der Waals surface area contributed by atoms with Gasteiger partial charge in [0.15, 0.2) is 5.82 Å². The van der Waals surface area contributed by atoms with Crippen LogP contribution in [0.3, 0.4) is 0 Å². The van der Waals surface area contributed by atoms with Gasteiger partial charge in [0.1, 0.15) is 18.0 Å². The molecule has 1 aliphatic rings. The van der Waals surface area contributed by atoms with Crippen LogP contribution in [0.4, 0.5) is 33.5 Å². The monoisotopic (exact) mass is 491 g/mol. The maximum Gasteiger partial charge on any atom is 0.248 e. The number of morpholine rings is 1. The zero-order valence-electron chi connectivity index (χ0n) is 19.4. The maximum absolute atomic E-state index is 14.8. The van der Waals surface area contributed by atoms with Crippen LogP contribution in [0.15, 0.2) is 60.9 Å². The van der Waals surface area contributed by atoms with E-state index < -0.39 is 5.82 Å². The normalized spacial score (nSPS) is 14.4. The fraction of sp³-hybridized carbons (Fsp3) is 0.250. The summed E-state index contributed by atoms with van der Waals surface area (Å²) in [5, 5.41) is 20.2. The highest BCUT2D eigenvalue weighted by molar-refractivity contribution is 5.61. The predicted octanol–water partition coefficient (Wildman–Crippen LogP) is 2.50. The molecular weight excluding hydrogens is 465 g/mol. The lowest BCUT2D eigenvalue weighted by molar-refractivity contribution is 0.122. The molecule has 5 N–H and O–H groups in total. The predicted molar refractivity (Wildman–Crippen MR) is 134 cm³/mol. The van der Waals surface area contributed by atoms with E-state index in [4.69, 9.17) is 10.5 Å². The van der Waals surface area contributed by atoms with Gasteiger partial charge in [-0.2, -0.15) is 9.67 Å². The van der Waals surface area contributed by atoms with E-state index >= 15 is 0 Å². The summed E-state index contributed by atoms with van der Waals surface area (Å²) in [7, 11) is 0. The summed E-state index contributed by atoms with van der Waals surface area (Å²) in [6, 6.07) is 15.8. The molecule has 0 spiro atoms. The van der Waals surface area contributed by atoms with Crippen LogP contribution in [-0.4, -0.2) is 62.7 Å². The second-order valence-electron chi connectivity index (χ2n) is 8.15. The number of nitrogens with two attached hydrogens (primary N) is 1. The molecule has 1 saturated heterocycles. The first-order valence-corrected chi connectivity index (χ1v) is 11.5. The minimum absolute atomic E-state index is 0.0641. The first-order chi connectivity index (χ1) is 17.6. The van der Waals surface area contributed by atoms with Crippen molar-refractivity contribution in [2.24, 2.45) is 0 Å². The molecule has 1 fully saturated rings. The average molecular weight is 492 g/mol. The Kier molecular flexibility index (Phi) is 6.87. The van der Waals surface area contributed by atoms with Crippen molar-refractivity contribution in [3.63, 3.8) is 0 Å². The topological polar surface area (TPSA) is 139 Å². The molecule has 2 aromatic heterocycles. The number of nitrogen functional groups attached to an aromatic ring is 1. The Balaban J connectivity index is 1.32. The molecule has 186 valence electrons. The minimum Gasteiger partial charge on any atom is -0.394 e. The van der Waals surface area contributed by atoms with E-state index in [-0.39, 0.29) is 30.2 Å². The van der Waals surface area contributed by atoms with Crippen LogP contribution in [0.5, 0.6) is 0 Å². The van der Waals surface area contributed by atoms with E-state index in [0.29, 0.717) is 24.8 Å². The van der Waals surface area contributed by atoms with Gasteiger partial charge in [-0.1, -0.05) is 30.3 Å². The number of aliphatic hydroxyl groups excluding tert-OH is 1. The number of aromatic nitrogens is 5. The molecule has 0 bridgehead atoms. The molecule has 4 aromatic rings. The van der Waals surface area contributed by atoms with Crippen LogP contribution in [0.25, 0.3) is 5.82 Å². The van der Waals surface area contributed by atoms with Crippen molar-refractivity contribution in [2.45, 2.75) is 6.04 Å². The fourth-order valence-corrected chi connectivity index (χ4v) is 3.93. The summed E-state index contributed by atoms with van der Waals surface area (Å²) < 4.78 is 21.5. The Morgan fingerprint density at radius 1 is 1.08 bits per heavy atom. The number of aliphatic hydroxyl groups is 1. The highest BCUT2D eigenvalue weighted by atomic mass is 19.1. The van der Waals surface area contributed by atoms with E-state index in [1.165, 1.54) is 17.1 Å². The van der Waals surface area contributed by atoms with Gasteiger partial charge >= 0.3 is 0 Å². The molecule has 0 amide bonds. The van der Waals surface area contributed by atoms with Gasteiger partial charge in [0.2, 0.25) is 11.9 Å². The highest BCUT2D eigenvalue weighted by Crippen LogP contribution is 2.26. The van der Waals surface area contributed by atoms with Crippen molar-refractivity contribution >= 4 is 29.1 Å². The molecule has 0 radical (unpaired) electrons. The fourth-order valence-electron chi connectivity index (χ4n) is 3.93. The van der Waals surface area contributed by atoms with E-state index in [1.807, 2.05) is 36.4 Å². The van der Waals surface area contributed by atoms with Crippen LogP contribution in [0, 0.1) is 5.82 Å². The summed E-state index contributed by atoms with van der Waals surface area (Å²) in [5.41, 5.74) is 8.00. The van der Waals surface area contributed by atoms with Crippen LogP contribution in [0.1, 0.15) is 11.6 Å². The quantitative estimate of drug-likeness (QED) is 0.291. The molecule has 12 heteroatoms. The molecule has 36 heavy (non-hydrogen) atoms. The minimum atomic E-state index is -0.432. The lowest BCUT2D eigenvalue weighted by atomic mass is 10.1. The second kappa shape index (κ2) is 10.5. The number of benzene rings is 2. The van der Waals surface area contributed by atoms with E-state index in [2.05, 4.69) is 35.6 Å². The standard InChI is InChI=1S/C24H26FN9O2/c25-18-12-17(33-8-10-36-11-9-33)6-7-19(18)30-24-31-23(26)34(32-24)22-13-21(27-15-28-22)29-20(14-35)16-4-2-1-3-5-16/h1-7,12-13,15,20,35H,8-11,14H2,(H,27,28,29)(H3,26,30,31,32)/t20-/m1/s1.